The molecule has 384 valence electrons. The fourth-order valence-corrected chi connectivity index (χ4v) is 10.2. The molecule has 0 saturated heterocycles. The molecule has 0 aliphatic carbocycles. The lowest BCUT2D eigenvalue weighted by Gasteiger charge is -2.26. The number of fused-ring (bicyclic) bond motifs is 3. The molecule has 0 unspecified atom stereocenters. The number of rotatable bonds is 9. The van der Waals surface area contributed by atoms with Crippen molar-refractivity contribution in [2.24, 2.45) is 0 Å². The lowest BCUT2D eigenvalue weighted by atomic mass is 9.79. The van der Waals surface area contributed by atoms with Crippen LogP contribution in [-0.2, 0) is 21.7 Å². The Balaban J connectivity index is 1.13. The topological polar surface area (TPSA) is 61.6 Å². The average molecular weight is 1010 g/mol. The highest BCUT2D eigenvalue weighted by molar-refractivity contribution is 6.10. The minimum absolute atomic E-state index is 0.0689. The Kier molecular flexibility index (Phi) is 12.7. The second-order valence-electron chi connectivity index (χ2n) is 24.6. The van der Waals surface area contributed by atoms with E-state index in [-0.39, 0.29) is 21.7 Å². The van der Waals surface area contributed by atoms with E-state index in [1.807, 2.05) is 21.5 Å². The monoisotopic (exact) mass is 1010 g/mol. The van der Waals surface area contributed by atoms with E-state index in [4.69, 9.17) is 19.8 Å². The fourth-order valence-electron chi connectivity index (χ4n) is 10.2. The highest BCUT2D eigenvalue weighted by atomic mass is 16.5. The lowest BCUT2D eigenvalue weighted by Crippen LogP contribution is -2.34. The number of para-hydroxylation sites is 1. The number of aromatic nitrogens is 6. The van der Waals surface area contributed by atoms with Crippen molar-refractivity contribution in [3.8, 4) is 73.6 Å². The highest BCUT2D eigenvalue weighted by Gasteiger charge is 2.28. The molecule has 0 amide bonds. The van der Waals surface area contributed by atoms with Crippen molar-refractivity contribution < 1.29 is 9.42 Å². The molecule has 11 rings (SSSR count). The molecule has 0 fully saturated rings. The summed E-state index contributed by atoms with van der Waals surface area (Å²) in [7, 11) is 0. The summed E-state index contributed by atoms with van der Waals surface area (Å²) >= 11 is 0. The average Bonchev–Trinajstić information content (AvgIpc) is 4.19. The van der Waals surface area contributed by atoms with Gasteiger partial charge in [0, 0.05) is 51.8 Å². The van der Waals surface area contributed by atoms with Gasteiger partial charge in [0.25, 0.3) is 6.33 Å². The molecule has 7 aromatic carbocycles. The molecule has 4 aromatic heterocycles. The first kappa shape index (κ1) is 50.7. The molecule has 0 N–H and O–H groups in total. The van der Waals surface area contributed by atoms with Gasteiger partial charge in [-0.15, -0.1) is 5.10 Å². The van der Waals surface area contributed by atoms with Crippen LogP contribution in [0.3, 0.4) is 0 Å². The van der Waals surface area contributed by atoms with Crippen LogP contribution >= 0.6 is 0 Å². The van der Waals surface area contributed by atoms with E-state index >= 15 is 0 Å². The zero-order valence-corrected chi connectivity index (χ0v) is 46.6. The van der Waals surface area contributed by atoms with E-state index in [0.29, 0.717) is 23.1 Å². The minimum Gasteiger partial charge on any atom is -0.458 e. The van der Waals surface area contributed by atoms with Gasteiger partial charge in [0.1, 0.15) is 23.1 Å². The summed E-state index contributed by atoms with van der Waals surface area (Å²) in [6, 6.07) is 66.7. The van der Waals surface area contributed by atoms with Crippen LogP contribution < -0.4 is 9.42 Å². The molecular weight excluding hydrogens is 941 g/mol. The van der Waals surface area contributed by atoms with Crippen LogP contribution in [0.5, 0.6) is 11.5 Å². The molecule has 0 aliphatic rings. The molecule has 0 aliphatic heterocycles. The highest BCUT2D eigenvalue weighted by Crippen LogP contribution is 2.41. The van der Waals surface area contributed by atoms with E-state index in [0.717, 1.165) is 72.4 Å². The van der Waals surface area contributed by atoms with Crippen molar-refractivity contribution in [2.45, 2.75) is 105 Å². The molecule has 7 heteroatoms. The summed E-state index contributed by atoms with van der Waals surface area (Å²) in [6.07, 6.45) is 5.74. The van der Waals surface area contributed by atoms with E-state index < -0.39 is 0 Å². The van der Waals surface area contributed by atoms with Gasteiger partial charge >= 0.3 is 0 Å². The predicted molar refractivity (Wildman–Crippen MR) is 317 cm³/mol. The Hall–Kier alpha value is -8.42. The standard InChI is InChI=1S/C70H68N6O/c1-67(2,3)51-35-36-71-63(41-51)76-60-34-31-49(46-23-16-13-17-24-46)39-59(60)58-33-32-54(42-61(58)76)77-55-43-62(70(10,11)12)72-64(44-55)74-45-75(73-66(74)50-37-52(68(4,5)6)40-53(38-50)69(7,8)9)65-56(47-25-18-14-19-26-47)29-22-30-57(65)48-27-20-15-21-28-48/h13-44H,1-12H3. The maximum Gasteiger partial charge on any atom is 0.275 e. The first-order valence-corrected chi connectivity index (χ1v) is 26.8. The Morgan fingerprint density at radius 2 is 1.03 bits per heavy atom. The number of ether oxygens (including phenoxy) is 1. The van der Waals surface area contributed by atoms with Crippen LogP contribution in [0.15, 0.2) is 194 Å². The quantitative estimate of drug-likeness (QED) is 0.107. The van der Waals surface area contributed by atoms with Gasteiger partial charge in [-0.05, 0) is 103 Å². The smallest absolute Gasteiger partial charge is 0.275 e. The summed E-state index contributed by atoms with van der Waals surface area (Å²) in [4.78, 5) is 10.5. The van der Waals surface area contributed by atoms with Crippen LogP contribution in [0.25, 0.3) is 83.9 Å². The maximum atomic E-state index is 7.13. The number of pyridine rings is 2. The van der Waals surface area contributed by atoms with Crippen molar-refractivity contribution in [2.75, 3.05) is 0 Å². The number of hydrogen-bond donors (Lipinski definition) is 0. The Bertz CT molecular complexity index is 3880. The van der Waals surface area contributed by atoms with E-state index in [1.54, 1.807) is 0 Å². The zero-order chi connectivity index (χ0) is 54.0. The van der Waals surface area contributed by atoms with E-state index in [1.165, 1.54) is 22.3 Å². The fraction of sp³-hybridized carbons (Fsp3) is 0.229. The van der Waals surface area contributed by atoms with Gasteiger partial charge in [0.2, 0.25) is 0 Å². The Labute approximate surface area is 454 Å². The normalized spacial score (nSPS) is 12.4. The number of hydrogen-bond acceptors (Lipinski definition) is 4. The van der Waals surface area contributed by atoms with E-state index in [9.17, 15) is 0 Å². The zero-order valence-electron chi connectivity index (χ0n) is 46.6. The second-order valence-corrected chi connectivity index (χ2v) is 24.6. The first-order chi connectivity index (χ1) is 36.7. The number of benzene rings is 7. The molecule has 11 aromatic rings. The van der Waals surface area contributed by atoms with Crippen molar-refractivity contribution >= 4 is 21.8 Å². The molecule has 4 heterocycles. The van der Waals surface area contributed by atoms with E-state index in [2.05, 4.69) is 276 Å². The Morgan fingerprint density at radius 1 is 0.429 bits per heavy atom. The van der Waals surface area contributed by atoms with Crippen LogP contribution in [0.2, 0.25) is 0 Å². The van der Waals surface area contributed by atoms with Gasteiger partial charge in [-0.25, -0.2) is 4.98 Å². The summed E-state index contributed by atoms with van der Waals surface area (Å²) in [5, 5.41) is 7.88. The number of nitrogens with zero attached hydrogens (tertiary/aromatic N) is 6. The van der Waals surface area contributed by atoms with Crippen molar-refractivity contribution in [3.05, 3.63) is 223 Å². The maximum absolute atomic E-state index is 7.13. The third-order valence-electron chi connectivity index (χ3n) is 14.6. The molecule has 77 heavy (non-hydrogen) atoms. The largest absolute Gasteiger partial charge is 0.458 e. The molecule has 0 atom stereocenters. The van der Waals surface area contributed by atoms with Crippen molar-refractivity contribution in [3.63, 3.8) is 0 Å². The van der Waals surface area contributed by atoms with Crippen LogP contribution in [-0.4, -0.2) is 24.2 Å². The molecule has 7 nitrogen and oxygen atoms in total. The second kappa shape index (κ2) is 19.3. The molecule has 0 bridgehead atoms. The lowest BCUT2D eigenvalue weighted by molar-refractivity contribution is -0.659. The SMILES string of the molecule is CC(C)(C)c1cc(-c2n[n+](-c3c(-c4ccccc4)cccc3-c3ccccc3)[c-]n2-c2cc(Oc3ccc4c5cc(-c6ccccc6)ccc5n(-c5cc(C(C)(C)C)ccn5)c4c3)cc(C(C)(C)C)n2)cc(C(C)(C)C)c1. The van der Waals surface area contributed by atoms with Gasteiger partial charge in [-0.3, -0.25) is 14.1 Å². The third kappa shape index (κ3) is 10.1. The molecular formula is C70H68N6O. The van der Waals surface area contributed by atoms with Gasteiger partial charge in [-0.2, -0.15) is 4.68 Å². The van der Waals surface area contributed by atoms with Crippen molar-refractivity contribution in [1.82, 2.24) is 24.2 Å². The van der Waals surface area contributed by atoms with Crippen LogP contribution in [0, 0.1) is 6.33 Å². The Morgan fingerprint density at radius 3 is 1.61 bits per heavy atom. The van der Waals surface area contributed by atoms with Gasteiger partial charge in [-0.1, -0.05) is 217 Å². The van der Waals surface area contributed by atoms with Gasteiger partial charge < -0.3 is 4.74 Å². The summed E-state index contributed by atoms with van der Waals surface area (Å²) in [6.45, 7) is 27.0. The van der Waals surface area contributed by atoms with Crippen molar-refractivity contribution in [1.29, 1.82) is 0 Å². The third-order valence-corrected chi connectivity index (χ3v) is 14.6. The molecule has 0 radical (unpaired) electrons. The van der Waals surface area contributed by atoms with Gasteiger partial charge in [0.15, 0.2) is 5.82 Å². The van der Waals surface area contributed by atoms with Crippen LogP contribution in [0.4, 0.5) is 0 Å². The summed E-state index contributed by atoms with van der Waals surface area (Å²) in [5.41, 5.74) is 14.3. The van der Waals surface area contributed by atoms with Gasteiger partial charge in [0.05, 0.1) is 16.7 Å². The van der Waals surface area contributed by atoms with Crippen LogP contribution in [0.1, 0.15) is 105 Å². The molecule has 0 spiro atoms. The minimum atomic E-state index is -0.354. The first-order valence-electron chi connectivity index (χ1n) is 26.8. The summed E-state index contributed by atoms with van der Waals surface area (Å²) in [5.74, 6) is 3.54. The summed E-state index contributed by atoms with van der Waals surface area (Å²) < 4.78 is 13.4. The predicted octanol–water partition coefficient (Wildman–Crippen LogP) is 17.5. The molecule has 0 saturated carbocycles.